The first kappa shape index (κ1) is 17.4. The second-order valence-corrected chi connectivity index (χ2v) is 6.38. The summed E-state index contributed by atoms with van der Waals surface area (Å²) in [5.74, 6) is -4.25. The minimum absolute atomic E-state index is 0.139. The van der Waals surface area contributed by atoms with E-state index in [0.29, 0.717) is 18.7 Å². The summed E-state index contributed by atoms with van der Waals surface area (Å²) in [5.41, 5.74) is 0.626. The van der Waals surface area contributed by atoms with E-state index in [4.69, 9.17) is 5.11 Å². The van der Waals surface area contributed by atoms with Gasteiger partial charge in [-0.05, 0) is 37.1 Å². The molecule has 0 bridgehead atoms. The van der Waals surface area contributed by atoms with Gasteiger partial charge in [-0.3, -0.25) is 4.79 Å². The second kappa shape index (κ2) is 7.92. The van der Waals surface area contributed by atoms with Crippen LogP contribution in [0.1, 0.15) is 25.7 Å². The number of carboxylic acids is 1. The monoisotopic (exact) mass is 321 g/mol. The van der Waals surface area contributed by atoms with Crippen LogP contribution >= 0.6 is 0 Å². The molecule has 0 heterocycles. The predicted octanol–water partition coefficient (Wildman–Crippen LogP) is 2.74. The fraction of sp³-hybridized carbons (Fsp3) is 0.462. The van der Waals surface area contributed by atoms with Crippen LogP contribution < -0.4 is 5.32 Å². The number of hydrogen-bond acceptors (Lipinski definition) is 4. The molecule has 0 amide bonds. The van der Waals surface area contributed by atoms with Crippen molar-refractivity contribution in [2.75, 3.05) is 11.9 Å². The Labute approximate surface area is 121 Å². The molecule has 8 heteroatoms. The van der Waals surface area contributed by atoms with E-state index in [1.807, 2.05) is 0 Å². The van der Waals surface area contributed by atoms with Crippen LogP contribution in [0.2, 0.25) is 0 Å². The summed E-state index contributed by atoms with van der Waals surface area (Å²) >= 11 is 0. The summed E-state index contributed by atoms with van der Waals surface area (Å²) in [4.78, 5) is 9.88. The summed E-state index contributed by atoms with van der Waals surface area (Å²) in [6, 6.07) is 5.11. The fourth-order valence-corrected chi connectivity index (χ4v) is 2.40. The van der Waals surface area contributed by atoms with Crippen LogP contribution in [0, 0.1) is 0 Å². The third-order valence-electron chi connectivity index (χ3n) is 2.81. The molecule has 0 aromatic heterocycles. The summed E-state index contributed by atoms with van der Waals surface area (Å²) in [6.45, 7) is 0.598. The summed E-state index contributed by atoms with van der Waals surface area (Å²) in [5, 5.41) is 11.5. The number of carboxylic acid groups (broad SMARTS) is 1. The highest BCUT2D eigenvalue weighted by Gasteiger charge is 2.26. The standard InChI is InChI=1S/C13H17F2NO4S/c14-13(15)21(19,20)11-7-5-10(6-8-11)16-9-3-1-2-4-12(17)18/h5-8,13,16H,1-4,9H2,(H,17,18). The number of aliphatic carboxylic acids is 1. The number of unbranched alkanes of at least 4 members (excludes halogenated alkanes) is 2. The lowest BCUT2D eigenvalue weighted by molar-refractivity contribution is -0.137. The number of halogens is 2. The first-order valence-corrected chi connectivity index (χ1v) is 7.96. The van der Waals surface area contributed by atoms with Crippen molar-refractivity contribution in [1.29, 1.82) is 0 Å². The summed E-state index contributed by atoms with van der Waals surface area (Å²) in [6.07, 6.45) is 2.27. The van der Waals surface area contributed by atoms with Gasteiger partial charge >= 0.3 is 11.7 Å². The van der Waals surface area contributed by atoms with Crippen molar-refractivity contribution < 1.29 is 27.1 Å². The Morgan fingerprint density at radius 3 is 2.29 bits per heavy atom. The average Bonchev–Trinajstić information content (AvgIpc) is 2.42. The first-order chi connectivity index (χ1) is 9.84. The highest BCUT2D eigenvalue weighted by Crippen LogP contribution is 2.20. The molecule has 1 rings (SSSR count). The Bertz CT molecular complexity index is 558. The fourth-order valence-electron chi connectivity index (χ4n) is 1.68. The molecule has 0 aliphatic heterocycles. The number of benzene rings is 1. The first-order valence-electron chi connectivity index (χ1n) is 6.42. The average molecular weight is 321 g/mol. The molecule has 0 aliphatic rings. The zero-order valence-corrected chi connectivity index (χ0v) is 12.1. The van der Waals surface area contributed by atoms with Crippen molar-refractivity contribution in [1.82, 2.24) is 0 Å². The van der Waals surface area contributed by atoms with Crippen LogP contribution in [0.4, 0.5) is 14.5 Å². The maximum atomic E-state index is 12.3. The largest absolute Gasteiger partial charge is 0.481 e. The van der Waals surface area contributed by atoms with Gasteiger partial charge < -0.3 is 10.4 Å². The van der Waals surface area contributed by atoms with Crippen molar-refractivity contribution >= 4 is 21.5 Å². The van der Waals surface area contributed by atoms with Crippen LogP contribution in [0.25, 0.3) is 0 Å². The van der Waals surface area contributed by atoms with E-state index >= 15 is 0 Å². The van der Waals surface area contributed by atoms with Crippen molar-refractivity contribution in [3.8, 4) is 0 Å². The number of nitrogens with one attached hydrogen (secondary N) is 1. The van der Waals surface area contributed by atoms with Gasteiger partial charge in [0.15, 0.2) is 0 Å². The van der Waals surface area contributed by atoms with Gasteiger partial charge in [-0.25, -0.2) is 8.42 Å². The van der Waals surface area contributed by atoms with Gasteiger partial charge in [-0.2, -0.15) is 8.78 Å². The van der Waals surface area contributed by atoms with Gasteiger partial charge in [0.05, 0.1) is 4.90 Å². The third-order valence-corrected chi connectivity index (χ3v) is 4.21. The number of alkyl halides is 2. The Morgan fingerprint density at radius 2 is 1.76 bits per heavy atom. The van der Waals surface area contributed by atoms with Crippen molar-refractivity contribution in [3.05, 3.63) is 24.3 Å². The molecule has 118 valence electrons. The molecule has 1 aromatic carbocycles. The molecule has 0 atom stereocenters. The quantitative estimate of drug-likeness (QED) is 0.683. The van der Waals surface area contributed by atoms with Gasteiger partial charge in [0.25, 0.3) is 0 Å². The van der Waals surface area contributed by atoms with E-state index in [1.54, 1.807) is 0 Å². The Hall–Kier alpha value is -1.70. The molecular formula is C13H17F2NO4S. The molecule has 0 spiro atoms. The lowest BCUT2D eigenvalue weighted by atomic mass is 10.2. The Kier molecular flexibility index (Phi) is 6.54. The van der Waals surface area contributed by atoms with E-state index in [0.717, 1.165) is 25.0 Å². The zero-order valence-electron chi connectivity index (χ0n) is 11.3. The molecule has 0 saturated carbocycles. The summed E-state index contributed by atoms with van der Waals surface area (Å²) < 4.78 is 47.1. The van der Waals surface area contributed by atoms with Gasteiger partial charge in [0.2, 0.25) is 9.84 Å². The highest BCUT2D eigenvalue weighted by atomic mass is 32.2. The van der Waals surface area contributed by atoms with Crippen LogP contribution in [0.3, 0.4) is 0 Å². The lowest BCUT2D eigenvalue weighted by Crippen LogP contribution is -2.11. The van der Waals surface area contributed by atoms with Gasteiger partial charge in [0.1, 0.15) is 0 Å². The maximum Gasteiger partial charge on any atom is 0.341 e. The van der Waals surface area contributed by atoms with Gasteiger partial charge in [-0.15, -0.1) is 0 Å². The Balaban J connectivity index is 2.40. The molecule has 0 fully saturated rings. The smallest absolute Gasteiger partial charge is 0.341 e. The third kappa shape index (κ3) is 5.66. The second-order valence-electron chi connectivity index (χ2n) is 4.46. The molecule has 1 aromatic rings. The zero-order chi connectivity index (χ0) is 15.9. The number of rotatable bonds is 9. The normalized spacial score (nSPS) is 11.6. The molecule has 0 unspecified atom stereocenters. The molecule has 2 N–H and O–H groups in total. The van der Waals surface area contributed by atoms with Gasteiger partial charge in [0, 0.05) is 18.7 Å². The minimum atomic E-state index is -4.55. The van der Waals surface area contributed by atoms with Crippen LogP contribution in [0.15, 0.2) is 29.2 Å². The number of hydrogen-bond donors (Lipinski definition) is 2. The van der Waals surface area contributed by atoms with E-state index < -0.39 is 26.5 Å². The van der Waals surface area contributed by atoms with E-state index in [2.05, 4.69) is 5.32 Å². The molecule has 5 nitrogen and oxygen atoms in total. The molecule has 0 aliphatic carbocycles. The number of anilines is 1. The van der Waals surface area contributed by atoms with Gasteiger partial charge in [-0.1, -0.05) is 6.42 Å². The molecule has 0 saturated heterocycles. The Morgan fingerprint density at radius 1 is 1.14 bits per heavy atom. The van der Waals surface area contributed by atoms with E-state index in [-0.39, 0.29) is 6.42 Å². The van der Waals surface area contributed by atoms with Crippen LogP contribution in [-0.4, -0.2) is 31.8 Å². The van der Waals surface area contributed by atoms with Crippen molar-refractivity contribution in [2.24, 2.45) is 0 Å². The number of sulfone groups is 1. The maximum absolute atomic E-state index is 12.3. The minimum Gasteiger partial charge on any atom is -0.481 e. The predicted molar refractivity (Wildman–Crippen MR) is 74.2 cm³/mol. The SMILES string of the molecule is O=C(O)CCCCCNc1ccc(S(=O)(=O)C(F)F)cc1. The molecule has 21 heavy (non-hydrogen) atoms. The molecular weight excluding hydrogens is 304 g/mol. The van der Waals surface area contributed by atoms with Crippen LogP contribution in [-0.2, 0) is 14.6 Å². The van der Waals surface area contributed by atoms with E-state index in [1.165, 1.54) is 12.1 Å². The highest BCUT2D eigenvalue weighted by molar-refractivity contribution is 7.91. The number of carbonyl (C=O) groups is 1. The lowest BCUT2D eigenvalue weighted by Gasteiger charge is -2.07. The molecule has 0 radical (unpaired) electrons. The summed E-state index contributed by atoms with van der Waals surface area (Å²) in [7, 11) is -4.55. The van der Waals surface area contributed by atoms with Crippen molar-refractivity contribution in [3.63, 3.8) is 0 Å². The van der Waals surface area contributed by atoms with Crippen LogP contribution in [0.5, 0.6) is 0 Å². The van der Waals surface area contributed by atoms with E-state index in [9.17, 15) is 22.0 Å². The topological polar surface area (TPSA) is 83.5 Å². The van der Waals surface area contributed by atoms with Crippen molar-refractivity contribution in [2.45, 2.75) is 36.3 Å².